The number of rotatable bonds is 63. The average molecular weight is 1210 g/mol. The van der Waals surface area contributed by atoms with Gasteiger partial charge in [0.15, 0.2) is 12.2 Å². The minimum Gasteiger partial charge on any atom is -0.462 e. The second-order valence-electron chi connectivity index (χ2n) is 23.3. The summed E-state index contributed by atoms with van der Waals surface area (Å²) in [6.45, 7) is 7.11. The number of hydrogen-bond acceptors (Lipinski definition) is 15. The van der Waals surface area contributed by atoms with Crippen LogP contribution in [0, 0.1) is 5.92 Å². The van der Waals surface area contributed by atoms with Crippen LogP contribution in [0.15, 0.2) is 0 Å². The number of esters is 4. The van der Waals surface area contributed by atoms with E-state index in [1.807, 2.05) is 0 Å². The molecule has 0 bridgehead atoms. The molecule has 0 aliphatic rings. The first-order valence-electron chi connectivity index (χ1n) is 33.1. The number of unbranched alkanes of at least 4 members (excludes halogenated alkanes) is 35. The molecule has 0 radical (unpaired) electrons. The molecule has 0 rings (SSSR count). The smallest absolute Gasteiger partial charge is 0.462 e. The number of phosphoric ester groups is 2. The van der Waals surface area contributed by atoms with Crippen molar-refractivity contribution in [2.24, 2.45) is 5.92 Å². The number of ether oxygens (including phenoxy) is 4. The highest BCUT2D eigenvalue weighted by molar-refractivity contribution is 7.47. The van der Waals surface area contributed by atoms with E-state index in [1.165, 1.54) is 135 Å². The lowest BCUT2D eigenvalue weighted by atomic mass is 10.0. The van der Waals surface area contributed by atoms with Crippen molar-refractivity contribution in [1.29, 1.82) is 0 Å². The normalized spacial score (nSPS) is 14.3. The lowest BCUT2D eigenvalue weighted by Gasteiger charge is -2.21. The molecule has 486 valence electrons. The molecule has 17 nitrogen and oxygen atoms in total. The Morgan fingerprint density at radius 1 is 0.329 bits per heavy atom. The molecule has 0 fully saturated rings. The van der Waals surface area contributed by atoms with Crippen molar-refractivity contribution in [3.05, 3.63) is 0 Å². The fourth-order valence-electron chi connectivity index (χ4n) is 9.41. The molecule has 0 aliphatic heterocycles. The molecular weight excluding hydrogens is 1090 g/mol. The van der Waals surface area contributed by atoms with Crippen LogP contribution < -0.4 is 0 Å². The highest BCUT2D eigenvalue weighted by Gasteiger charge is 2.30. The van der Waals surface area contributed by atoms with E-state index in [9.17, 15) is 43.2 Å². The lowest BCUT2D eigenvalue weighted by molar-refractivity contribution is -0.161. The maximum absolute atomic E-state index is 13.0. The molecule has 5 atom stereocenters. The first-order chi connectivity index (χ1) is 39.5. The van der Waals surface area contributed by atoms with Gasteiger partial charge in [-0.3, -0.25) is 37.3 Å². The zero-order valence-corrected chi connectivity index (χ0v) is 54.4. The number of aliphatic hydroxyl groups is 1. The van der Waals surface area contributed by atoms with Crippen LogP contribution in [0.5, 0.6) is 0 Å². The van der Waals surface area contributed by atoms with Crippen molar-refractivity contribution in [1.82, 2.24) is 0 Å². The zero-order valence-electron chi connectivity index (χ0n) is 52.6. The zero-order chi connectivity index (χ0) is 60.6. The molecule has 0 saturated carbocycles. The van der Waals surface area contributed by atoms with Gasteiger partial charge in [0.05, 0.1) is 26.4 Å². The largest absolute Gasteiger partial charge is 0.472 e. The van der Waals surface area contributed by atoms with Crippen LogP contribution in [0.25, 0.3) is 0 Å². The molecule has 0 heterocycles. The SMILES string of the molecule is CCCCCCCCCCCCCCCCC(=O)O[C@H](COC(=O)CCCCCCCCCC(C)C)COP(=O)(O)OC[C@@H](O)COP(=O)(O)OC[C@@H](COC(=O)CCCCCCCCCCC)OC(=O)CCCCCCCCCCC. The summed E-state index contributed by atoms with van der Waals surface area (Å²) < 4.78 is 67.9. The Morgan fingerprint density at radius 2 is 0.561 bits per heavy atom. The van der Waals surface area contributed by atoms with Gasteiger partial charge in [0, 0.05) is 25.7 Å². The Bertz CT molecular complexity index is 1600. The van der Waals surface area contributed by atoms with E-state index in [0.29, 0.717) is 31.6 Å². The van der Waals surface area contributed by atoms with Gasteiger partial charge in [-0.05, 0) is 31.6 Å². The van der Waals surface area contributed by atoms with Crippen molar-refractivity contribution < 1.29 is 80.2 Å². The third kappa shape index (κ3) is 57.2. The summed E-state index contributed by atoms with van der Waals surface area (Å²) in [6.07, 6.45) is 40.3. The summed E-state index contributed by atoms with van der Waals surface area (Å²) in [5.41, 5.74) is 0. The first kappa shape index (κ1) is 80.1. The number of carbonyl (C=O) groups excluding carboxylic acids is 4. The Morgan fingerprint density at radius 3 is 0.829 bits per heavy atom. The summed E-state index contributed by atoms with van der Waals surface area (Å²) in [5, 5.41) is 10.5. The van der Waals surface area contributed by atoms with Gasteiger partial charge in [-0.25, -0.2) is 9.13 Å². The van der Waals surface area contributed by atoms with Gasteiger partial charge in [0.25, 0.3) is 0 Å². The van der Waals surface area contributed by atoms with Crippen molar-refractivity contribution >= 4 is 39.5 Å². The van der Waals surface area contributed by atoms with E-state index in [0.717, 1.165) is 96.3 Å². The molecule has 0 aromatic carbocycles. The third-order valence-corrected chi connectivity index (χ3v) is 16.4. The van der Waals surface area contributed by atoms with Crippen LogP contribution in [-0.2, 0) is 65.4 Å². The van der Waals surface area contributed by atoms with Crippen LogP contribution in [0.4, 0.5) is 0 Å². The molecule has 0 aromatic rings. The predicted octanol–water partition coefficient (Wildman–Crippen LogP) is 17.4. The van der Waals surface area contributed by atoms with Crippen molar-refractivity contribution in [2.75, 3.05) is 39.6 Å². The third-order valence-electron chi connectivity index (χ3n) is 14.5. The molecule has 0 aromatic heterocycles. The highest BCUT2D eigenvalue weighted by atomic mass is 31.2. The summed E-state index contributed by atoms with van der Waals surface area (Å²) in [6, 6.07) is 0. The van der Waals surface area contributed by atoms with Crippen LogP contribution in [0.2, 0.25) is 0 Å². The van der Waals surface area contributed by atoms with Crippen LogP contribution in [0.3, 0.4) is 0 Å². The molecule has 0 spiro atoms. The maximum atomic E-state index is 13.0. The fourth-order valence-corrected chi connectivity index (χ4v) is 11.0. The van der Waals surface area contributed by atoms with E-state index in [-0.39, 0.29) is 25.7 Å². The minimum atomic E-state index is -4.94. The van der Waals surface area contributed by atoms with Gasteiger partial charge in [-0.2, -0.15) is 0 Å². The maximum Gasteiger partial charge on any atom is 0.472 e. The molecular formula is C63H122O17P2. The standard InChI is InChI=1S/C63H122O17P2/c1-6-9-12-15-18-21-22-23-24-25-28-33-39-44-49-63(68)80-59(53-74-61(66)47-42-37-34-29-30-35-40-45-56(4)5)55-78-82(71,72)76-51-57(64)50-75-81(69,70)77-54-58(79-62(67)48-43-38-32-27-20-17-14-11-8-3)52-73-60(65)46-41-36-31-26-19-16-13-10-7-2/h56-59,64H,6-55H2,1-5H3,(H,69,70)(H,71,72)/t57-,58+,59+/m0/s1. The van der Waals surface area contributed by atoms with E-state index in [4.69, 9.17) is 37.0 Å². The molecule has 82 heavy (non-hydrogen) atoms. The second kappa shape index (κ2) is 56.8. The van der Waals surface area contributed by atoms with E-state index in [2.05, 4.69) is 34.6 Å². The topological polar surface area (TPSA) is 237 Å². The molecule has 2 unspecified atom stereocenters. The number of aliphatic hydroxyl groups excluding tert-OH is 1. The van der Waals surface area contributed by atoms with Gasteiger partial charge in [-0.15, -0.1) is 0 Å². The van der Waals surface area contributed by atoms with Crippen molar-refractivity contribution in [3.8, 4) is 0 Å². The number of phosphoric acid groups is 2. The highest BCUT2D eigenvalue weighted by Crippen LogP contribution is 2.45. The summed E-state index contributed by atoms with van der Waals surface area (Å²) in [7, 11) is -9.88. The molecule has 0 saturated heterocycles. The molecule has 0 aliphatic carbocycles. The van der Waals surface area contributed by atoms with E-state index in [1.54, 1.807) is 0 Å². The Balaban J connectivity index is 5.22. The van der Waals surface area contributed by atoms with Gasteiger partial charge >= 0.3 is 39.5 Å². The second-order valence-corrected chi connectivity index (χ2v) is 26.2. The summed E-state index contributed by atoms with van der Waals surface area (Å²) >= 11 is 0. The number of hydrogen-bond donors (Lipinski definition) is 3. The Kier molecular flexibility index (Phi) is 55.5. The fraction of sp³-hybridized carbons (Fsp3) is 0.937. The summed E-state index contributed by atoms with van der Waals surface area (Å²) in [4.78, 5) is 72.1. The summed E-state index contributed by atoms with van der Waals surface area (Å²) in [5.74, 6) is -1.43. The van der Waals surface area contributed by atoms with Gasteiger partial charge in [0.2, 0.25) is 0 Å². The van der Waals surface area contributed by atoms with E-state index >= 15 is 0 Å². The Labute approximate surface area is 498 Å². The molecule has 3 N–H and O–H groups in total. The quantitative estimate of drug-likeness (QED) is 0.0222. The van der Waals surface area contributed by atoms with Crippen molar-refractivity contribution in [2.45, 2.75) is 335 Å². The van der Waals surface area contributed by atoms with Crippen LogP contribution in [0.1, 0.15) is 317 Å². The van der Waals surface area contributed by atoms with Gasteiger partial charge < -0.3 is 33.8 Å². The van der Waals surface area contributed by atoms with Crippen molar-refractivity contribution in [3.63, 3.8) is 0 Å². The first-order valence-corrected chi connectivity index (χ1v) is 36.1. The average Bonchev–Trinajstić information content (AvgIpc) is 3.48. The minimum absolute atomic E-state index is 0.106. The predicted molar refractivity (Wildman–Crippen MR) is 326 cm³/mol. The van der Waals surface area contributed by atoms with Crippen LogP contribution >= 0.6 is 15.6 Å². The van der Waals surface area contributed by atoms with Gasteiger partial charge in [-0.1, -0.05) is 266 Å². The molecule has 0 amide bonds. The number of carbonyl (C=O) groups is 4. The monoisotopic (exact) mass is 1210 g/mol. The molecule has 19 heteroatoms. The Hall–Kier alpha value is -1.94. The van der Waals surface area contributed by atoms with Crippen LogP contribution in [-0.4, -0.2) is 96.7 Å². The lowest BCUT2D eigenvalue weighted by Crippen LogP contribution is -2.30. The van der Waals surface area contributed by atoms with Gasteiger partial charge in [0.1, 0.15) is 19.3 Å². The van der Waals surface area contributed by atoms with E-state index < -0.39 is 97.5 Å².